The van der Waals surface area contributed by atoms with Gasteiger partial charge >= 0.3 is 11.9 Å². The predicted octanol–water partition coefficient (Wildman–Crippen LogP) is 1.74. The molecule has 20 heavy (non-hydrogen) atoms. The molecule has 0 aliphatic heterocycles. The number of carbonyl (C=O) groups is 2. The predicted molar refractivity (Wildman–Crippen MR) is 73.4 cm³/mol. The highest BCUT2D eigenvalue weighted by molar-refractivity contribution is 5.69. The first kappa shape index (κ1) is 18.9. The molecule has 0 atom stereocenters. The third kappa shape index (κ3) is 14.9. The Labute approximate surface area is 120 Å². The van der Waals surface area contributed by atoms with Crippen molar-refractivity contribution in [3.05, 3.63) is 0 Å². The Morgan fingerprint density at radius 1 is 0.800 bits per heavy atom. The molecule has 0 fully saturated rings. The van der Waals surface area contributed by atoms with Gasteiger partial charge in [-0.2, -0.15) is 0 Å². The van der Waals surface area contributed by atoms with Crippen LogP contribution in [0.5, 0.6) is 0 Å². The highest BCUT2D eigenvalue weighted by atomic mass is 16.5. The van der Waals surface area contributed by atoms with E-state index in [0.29, 0.717) is 39.1 Å². The first-order chi connectivity index (χ1) is 9.66. The van der Waals surface area contributed by atoms with E-state index in [9.17, 15) is 9.59 Å². The second-order valence-electron chi connectivity index (χ2n) is 4.57. The molecule has 0 rings (SSSR count). The Kier molecular flexibility index (Phi) is 13.5. The molecule has 0 aromatic heterocycles. The molecule has 2 N–H and O–H groups in total. The summed E-state index contributed by atoms with van der Waals surface area (Å²) in [6, 6.07) is 0. The summed E-state index contributed by atoms with van der Waals surface area (Å²) in [6.45, 7) is 1.53. The Bertz CT molecular complexity index is 254. The van der Waals surface area contributed by atoms with Crippen molar-refractivity contribution in [2.45, 2.75) is 51.4 Å². The SMILES string of the molecule is O=C(O)CCCCC(=O)OCCCCCCOCCO. The van der Waals surface area contributed by atoms with Crippen molar-refractivity contribution >= 4 is 11.9 Å². The number of carbonyl (C=O) groups excluding carboxylic acids is 1. The lowest BCUT2D eigenvalue weighted by atomic mass is 10.2. The van der Waals surface area contributed by atoms with Gasteiger partial charge in [-0.1, -0.05) is 6.42 Å². The van der Waals surface area contributed by atoms with Crippen LogP contribution in [0.1, 0.15) is 51.4 Å². The summed E-state index contributed by atoms with van der Waals surface area (Å²) in [5.74, 6) is -1.08. The molecular formula is C14H26O6. The molecular weight excluding hydrogens is 264 g/mol. The smallest absolute Gasteiger partial charge is 0.305 e. The van der Waals surface area contributed by atoms with E-state index >= 15 is 0 Å². The molecule has 0 radical (unpaired) electrons. The third-order valence-corrected chi connectivity index (χ3v) is 2.70. The number of ether oxygens (including phenoxy) is 2. The minimum absolute atomic E-state index is 0.0580. The van der Waals surface area contributed by atoms with Gasteiger partial charge in [0.15, 0.2) is 0 Å². The van der Waals surface area contributed by atoms with E-state index in [1.807, 2.05) is 0 Å². The third-order valence-electron chi connectivity index (χ3n) is 2.70. The number of hydrogen-bond donors (Lipinski definition) is 2. The number of aliphatic hydroxyl groups excluding tert-OH is 1. The minimum atomic E-state index is -0.832. The van der Waals surface area contributed by atoms with Crippen LogP contribution in [0.4, 0.5) is 0 Å². The summed E-state index contributed by atoms with van der Waals surface area (Å²) in [7, 11) is 0. The maximum Gasteiger partial charge on any atom is 0.305 e. The molecule has 0 aliphatic carbocycles. The largest absolute Gasteiger partial charge is 0.481 e. The normalized spacial score (nSPS) is 10.4. The van der Waals surface area contributed by atoms with Gasteiger partial charge in [0.05, 0.1) is 19.8 Å². The van der Waals surface area contributed by atoms with E-state index in [2.05, 4.69) is 0 Å². The molecule has 0 aliphatic rings. The van der Waals surface area contributed by atoms with Gasteiger partial charge in [-0.15, -0.1) is 0 Å². The van der Waals surface area contributed by atoms with Gasteiger partial charge in [-0.3, -0.25) is 9.59 Å². The van der Waals surface area contributed by atoms with Gasteiger partial charge < -0.3 is 19.7 Å². The summed E-state index contributed by atoms with van der Waals surface area (Å²) in [6.07, 6.45) is 5.25. The van der Waals surface area contributed by atoms with Crippen LogP contribution in [0.25, 0.3) is 0 Å². The summed E-state index contributed by atoms with van der Waals surface area (Å²) < 4.78 is 10.2. The van der Waals surface area contributed by atoms with Gasteiger partial charge in [0.25, 0.3) is 0 Å². The topological polar surface area (TPSA) is 93.1 Å². The zero-order chi connectivity index (χ0) is 15.1. The average molecular weight is 290 g/mol. The quantitative estimate of drug-likeness (QED) is 0.374. The molecule has 0 bridgehead atoms. The molecule has 6 heteroatoms. The van der Waals surface area contributed by atoms with Crippen LogP contribution in [0.15, 0.2) is 0 Å². The second-order valence-corrected chi connectivity index (χ2v) is 4.57. The van der Waals surface area contributed by atoms with E-state index < -0.39 is 5.97 Å². The van der Waals surface area contributed by atoms with Crippen LogP contribution in [0.3, 0.4) is 0 Å². The van der Waals surface area contributed by atoms with E-state index in [1.165, 1.54) is 0 Å². The Morgan fingerprint density at radius 3 is 2.10 bits per heavy atom. The lowest BCUT2D eigenvalue weighted by Crippen LogP contribution is -2.06. The molecule has 0 aromatic carbocycles. The molecule has 0 heterocycles. The Hall–Kier alpha value is -1.14. The molecule has 0 spiro atoms. The van der Waals surface area contributed by atoms with E-state index in [-0.39, 0.29) is 19.0 Å². The van der Waals surface area contributed by atoms with Crippen LogP contribution in [0.2, 0.25) is 0 Å². The van der Waals surface area contributed by atoms with Crippen LogP contribution >= 0.6 is 0 Å². The number of unbranched alkanes of at least 4 members (excludes halogenated alkanes) is 4. The number of esters is 1. The molecule has 0 unspecified atom stereocenters. The van der Waals surface area contributed by atoms with E-state index in [0.717, 1.165) is 25.7 Å². The summed E-state index contributed by atoms with van der Waals surface area (Å²) >= 11 is 0. The van der Waals surface area contributed by atoms with Crippen LogP contribution in [-0.4, -0.2) is 48.6 Å². The lowest BCUT2D eigenvalue weighted by molar-refractivity contribution is -0.144. The molecule has 0 saturated carbocycles. The zero-order valence-corrected chi connectivity index (χ0v) is 12.0. The molecule has 0 aromatic rings. The molecule has 0 saturated heterocycles. The molecule has 6 nitrogen and oxygen atoms in total. The summed E-state index contributed by atoms with van der Waals surface area (Å²) in [5.41, 5.74) is 0. The molecule has 0 amide bonds. The Balaban J connectivity index is 3.17. The average Bonchev–Trinajstić information content (AvgIpc) is 2.41. The highest BCUT2D eigenvalue weighted by Gasteiger charge is 2.03. The van der Waals surface area contributed by atoms with Crippen molar-refractivity contribution in [2.24, 2.45) is 0 Å². The number of aliphatic carboxylic acids is 1. The fourth-order valence-electron chi connectivity index (χ4n) is 1.63. The fraction of sp³-hybridized carbons (Fsp3) is 0.857. The first-order valence-electron chi connectivity index (χ1n) is 7.23. The summed E-state index contributed by atoms with van der Waals surface area (Å²) in [4.78, 5) is 21.5. The summed E-state index contributed by atoms with van der Waals surface area (Å²) in [5, 5.41) is 16.9. The van der Waals surface area contributed by atoms with Gasteiger partial charge in [0.1, 0.15) is 0 Å². The number of hydrogen-bond acceptors (Lipinski definition) is 5. The van der Waals surface area contributed by atoms with Crippen molar-refractivity contribution in [1.82, 2.24) is 0 Å². The van der Waals surface area contributed by atoms with Gasteiger partial charge in [-0.25, -0.2) is 0 Å². The van der Waals surface area contributed by atoms with Gasteiger partial charge in [0, 0.05) is 19.4 Å². The number of carboxylic acids is 1. The van der Waals surface area contributed by atoms with Crippen LogP contribution < -0.4 is 0 Å². The number of aliphatic hydroxyl groups is 1. The van der Waals surface area contributed by atoms with Crippen molar-refractivity contribution in [1.29, 1.82) is 0 Å². The molecule has 118 valence electrons. The monoisotopic (exact) mass is 290 g/mol. The first-order valence-corrected chi connectivity index (χ1v) is 7.23. The highest BCUT2D eigenvalue weighted by Crippen LogP contribution is 2.04. The minimum Gasteiger partial charge on any atom is -0.481 e. The van der Waals surface area contributed by atoms with E-state index in [4.69, 9.17) is 19.7 Å². The lowest BCUT2D eigenvalue weighted by Gasteiger charge is -2.05. The number of carboxylic acid groups (broad SMARTS) is 1. The maximum absolute atomic E-state index is 11.3. The van der Waals surface area contributed by atoms with Crippen molar-refractivity contribution in [3.8, 4) is 0 Å². The fourth-order valence-corrected chi connectivity index (χ4v) is 1.63. The maximum atomic E-state index is 11.3. The second kappa shape index (κ2) is 14.3. The van der Waals surface area contributed by atoms with E-state index in [1.54, 1.807) is 0 Å². The van der Waals surface area contributed by atoms with Gasteiger partial charge in [-0.05, 0) is 32.1 Å². The van der Waals surface area contributed by atoms with Crippen molar-refractivity contribution in [3.63, 3.8) is 0 Å². The van der Waals surface area contributed by atoms with Crippen LogP contribution in [-0.2, 0) is 19.1 Å². The Morgan fingerprint density at radius 2 is 1.45 bits per heavy atom. The number of rotatable bonds is 14. The zero-order valence-electron chi connectivity index (χ0n) is 12.0. The van der Waals surface area contributed by atoms with Crippen molar-refractivity contribution in [2.75, 3.05) is 26.4 Å². The van der Waals surface area contributed by atoms with Gasteiger partial charge in [0.2, 0.25) is 0 Å². The standard InChI is InChI=1S/C14H26O6/c15-9-12-19-10-5-1-2-6-11-20-14(18)8-4-3-7-13(16)17/h15H,1-12H2,(H,16,17). The van der Waals surface area contributed by atoms with Crippen LogP contribution in [0, 0.1) is 0 Å². The van der Waals surface area contributed by atoms with Crippen molar-refractivity contribution < 1.29 is 29.3 Å².